The number of hydrogen-bond donors (Lipinski definition) is 1. The van der Waals surface area contributed by atoms with E-state index in [1.54, 1.807) is 0 Å². The Labute approximate surface area is 129 Å². The molecule has 3 fully saturated rings. The lowest BCUT2D eigenvalue weighted by Gasteiger charge is -2.34. The monoisotopic (exact) mass is 300 g/mol. The number of rotatable bonds is 2. The summed E-state index contributed by atoms with van der Waals surface area (Å²) in [6, 6.07) is 4.20. The van der Waals surface area contributed by atoms with Crippen molar-refractivity contribution in [3.63, 3.8) is 0 Å². The number of aromatic nitrogens is 2. The molecule has 2 atom stereocenters. The molecule has 0 spiro atoms. The van der Waals surface area contributed by atoms with E-state index in [2.05, 4.69) is 31.4 Å². The van der Waals surface area contributed by atoms with Crippen molar-refractivity contribution < 1.29 is 4.74 Å². The summed E-state index contributed by atoms with van der Waals surface area (Å²) in [4.78, 5) is 4.48. The van der Waals surface area contributed by atoms with Crippen molar-refractivity contribution in [2.75, 3.05) is 49.1 Å². The predicted molar refractivity (Wildman–Crippen MR) is 81.9 cm³/mol. The number of nitrogens with zero attached hydrogens (tertiary/aromatic N) is 5. The highest BCUT2D eigenvalue weighted by atomic mass is 16.5. The maximum Gasteiger partial charge on any atom is 0.186 e. The maximum atomic E-state index is 9.32. The van der Waals surface area contributed by atoms with Gasteiger partial charge in [-0.1, -0.05) is 0 Å². The second kappa shape index (κ2) is 5.71. The minimum absolute atomic E-state index is 0.318. The van der Waals surface area contributed by atoms with Crippen LogP contribution in [0, 0.1) is 11.3 Å². The number of fused-ring (bicyclic) bond motifs is 2. The van der Waals surface area contributed by atoms with Crippen LogP contribution in [0.2, 0.25) is 0 Å². The van der Waals surface area contributed by atoms with Gasteiger partial charge in [-0.15, -0.1) is 10.2 Å². The van der Waals surface area contributed by atoms with Gasteiger partial charge in [0.05, 0.1) is 17.9 Å². The molecule has 0 aliphatic carbocycles. The van der Waals surface area contributed by atoms with Crippen molar-refractivity contribution in [2.45, 2.75) is 25.0 Å². The predicted octanol–water partition coefficient (Wildman–Crippen LogP) is 0.125. The number of ether oxygens (including phenoxy) is 1. The van der Waals surface area contributed by atoms with E-state index in [1.165, 1.54) is 0 Å². The third-order valence-corrected chi connectivity index (χ3v) is 4.69. The quantitative estimate of drug-likeness (QED) is 0.831. The van der Waals surface area contributed by atoms with Crippen molar-refractivity contribution in [2.24, 2.45) is 0 Å². The zero-order valence-corrected chi connectivity index (χ0v) is 12.5. The van der Waals surface area contributed by atoms with E-state index in [4.69, 9.17) is 4.74 Å². The van der Waals surface area contributed by atoms with Crippen LogP contribution in [0.15, 0.2) is 6.07 Å². The van der Waals surface area contributed by atoms with Gasteiger partial charge in [0.25, 0.3) is 0 Å². The van der Waals surface area contributed by atoms with E-state index in [0.717, 1.165) is 63.6 Å². The summed E-state index contributed by atoms with van der Waals surface area (Å²) in [5.74, 6) is 0.868. The Balaban J connectivity index is 1.62. The first-order chi connectivity index (χ1) is 10.8. The van der Waals surface area contributed by atoms with E-state index >= 15 is 0 Å². The molecule has 7 heteroatoms. The molecule has 0 aromatic carbocycles. The van der Waals surface area contributed by atoms with Crippen molar-refractivity contribution in [1.82, 2.24) is 15.5 Å². The molecule has 0 amide bonds. The van der Waals surface area contributed by atoms with Crippen LogP contribution in [0.4, 0.5) is 11.5 Å². The van der Waals surface area contributed by atoms with Gasteiger partial charge in [-0.2, -0.15) is 5.26 Å². The smallest absolute Gasteiger partial charge is 0.186 e. The van der Waals surface area contributed by atoms with E-state index < -0.39 is 0 Å². The average molecular weight is 300 g/mol. The fourth-order valence-electron chi connectivity index (χ4n) is 3.55. The second-order valence-electron chi connectivity index (χ2n) is 6.15. The van der Waals surface area contributed by atoms with Crippen molar-refractivity contribution in [3.8, 4) is 6.07 Å². The first-order valence-electron chi connectivity index (χ1n) is 7.97. The third kappa shape index (κ3) is 2.49. The number of nitrogens with one attached hydrogen (secondary N) is 1. The molecule has 1 aromatic heterocycles. The van der Waals surface area contributed by atoms with Crippen LogP contribution >= 0.6 is 0 Å². The van der Waals surface area contributed by atoms with Crippen LogP contribution in [0.5, 0.6) is 0 Å². The highest BCUT2D eigenvalue weighted by Crippen LogP contribution is 2.30. The Hall–Kier alpha value is -1.91. The van der Waals surface area contributed by atoms with Crippen molar-refractivity contribution in [3.05, 3.63) is 11.8 Å². The molecule has 4 heterocycles. The lowest BCUT2D eigenvalue weighted by molar-refractivity contribution is 0.0302. The zero-order chi connectivity index (χ0) is 14.9. The van der Waals surface area contributed by atoms with Gasteiger partial charge in [0, 0.05) is 45.3 Å². The Morgan fingerprint density at radius 3 is 2.55 bits per heavy atom. The number of hydrogen-bond acceptors (Lipinski definition) is 7. The van der Waals surface area contributed by atoms with Crippen molar-refractivity contribution in [1.29, 1.82) is 5.26 Å². The van der Waals surface area contributed by atoms with Crippen LogP contribution in [-0.4, -0.2) is 61.7 Å². The molecule has 7 nitrogen and oxygen atoms in total. The second-order valence-corrected chi connectivity index (χ2v) is 6.15. The molecule has 1 aromatic rings. The Morgan fingerprint density at radius 2 is 1.86 bits per heavy atom. The van der Waals surface area contributed by atoms with Gasteiger partial charge in [0.2, 0.25) is 0 Å². The molecule has 22 heavy (non-hydrogen) atoms. The van der Waals surface area contributed by atoms with Gasteiger partial charge in [-0.05, 0) is 12.8 Å². The summed E-state index contributed by atoms with van der Waals surface area (Å²) in [6.07, 6.45) is 2.91. The normalized spacial score (nSPS) is 27.8. The van der Waals surface area contributed by atoms with Gasteiger partial charge < -0.3 is 19.9 Å². The van der Waals surface area contributed by atoms with Crippen LogP contribution in [0.3, 0.4) is 0 Å². The van der Waals surface area contributed by atoms with Crippen LogP contribution in [-0.2, 0) is 4.74 Å². The topological polar surface area (TPSA) is 77.3 Å². The number of morpholine rings is 1. The summed E-state index contributed by atoms with van der Waals surface area (Å²) < 4.78 is 5.88. The van der Waals surface area contributed by atoms with Crippen LogP contribution < -0.4 is 15.1 Å². The molecule has 3 saturated heterocycles. The molecular formula is C15H20N6O. The van der Waals surface area contributed by atoms with Gasteiger partial charge in [0.1, 0.15) is 6.07 Å². The van der Waals surface area contributed by atoms with Gasteiger partial charge in [-0.25, -0.2) is 0 Å². The highest BCUT2D eigenvalue weighted by molar-refractivity contribution is 5.61. The average Bonchev–Trinajstić information content (AvgIpc) is 2.93. The summed E-state index contributed by atoms with van der Waals surface area (Å²) in [7, 11) is 0. The maximum absolute atomic E-state index is 9.32. The Kier molecular flexibility index (Phi) is 3.56. The molecular weight excluding hydrogens is 280 g/mol. The molecule has 2 unspecified atom stereocenters. The zero-order valence-electron chi connectivity index (χ0n) is 12.5. The lowest BCUT2D eigenvalue weighted by Crippen LogP contribution is -2.45. The Bertz CT molecular complexity index is 582. The van der Waals surface area contributed by atoms with Gasteiger partial charge in [0.15, 0.2) is 11.5 Å². The van der Waals surface area contributed by atoms with E-state index in [1.807, 2.05) is 6.07 Å². The van der Waals surface area contributed by atoms with Gasteiger partial charge in [-0.3, -0.25) is 0 Å². The first kappa shape index (κ1) is 13.7. The number of nitriles is 1. The van der Waals surface area contributed by atoms with E-state index in [9.17, 15) is 5.26 Å². The summed E-state index contributed by atoms with van der Waals surface area (Å²) in [6.45, 7) is 5.41. The molecule has 0 radical (unpaired) electrons. The standard InChI is InChI=1S/C15H20N6O/c16-8-13-14(20-5-3-17-4-6-20)7-15(19-18-13)21-9-11-1-2-12(10-21)22-11/h7,11-12,17H,1-6,9-10H2. The number of anilines is 2. The fourth-order valence-corrected chi connectivity index (χ4v) is 3.55. The molecule has 3 aliphatic rings. The number of piperazine rings is 1. The SMILES string of the molecule is N#Cc1nnc(N2CC3CCC(C2)O3)cc1N1CCNCC1. The Morgan fingerprint density at radius 1 is 1.14 bits per heavy atom. The molecule has 116 valence electrons. The molecule has 0 saturated carbocycles. The van der Waals surface area contributed by atoms with E-state index in [-0.39, 0.29) is 0 Å². The summed E-state index contributed by atoms with van der Waals surface area (Å²) >= 11 is 0. The fraction of sp³-hybridized carbons (Fsp3) is 0.667. The van der Waals surface area contributed by atoms with Crippen molar-refractivity contribution >= 4 is 11.5 Å². The summed E-state index contributed by atoms with van der Waals surface area (Å²) in [5, 5.41) is 21.1. The molecule has 4 rings (SSSR count). The van der Waals surface area contributed by atoms with Crippen LogP contribution in [0.25, 0.3) is 0 Å². The third-order valence-electron chi connectivity index (χ3n) is 4.69. The minimum atomic E-state index is 0.318. The van der Waals surface area contributed by atoms with Gasteiger partial charge >= 0.3 is 0 Å². The largest absolute Gasteiger partial charge is 0.371 e. The lowest BCUT2D eigenvalue weighted by atomic mass is 10.2. The van der Waals surface area contributed by atoms with E-state index in [0.29, 0.717) is 17.9 Å². The molecule has 3 aliphatic heterocycles. The minimum Gasteiger partial charge on any atom is -0.371 e. The first-order valence-corrected chi connectivity index (χ1v) is 7.97. The highest BCUT2D eigenvalue weighted by Gasteiger charge is 2.34. The summed E-state index contributed by atoms with van der Waals surface area (Å²) in [5.41, 5.74) is 1.33. The molecule has 2 bridgehead atoms. The van der Waals surface area contributed by atoms with Crippen LogP contribution in [0.1, 0.15) is 18.5 Å². The molecule has 1 N–H and O–H groups in total.